The van der Waals surface area contributed by atoms with Gasteiger partial charge in [-0.2, -0.15) is 0 Å². The number of carbonyl (C=O) groups is 2. The Bertz CT molecular complexity index is 480. The van der Waals surface area contributed by atoms with Crippen molar-refractivity contribution in [1.29, 1.82) is 0 Å². The predicted octanol–water partition coefficient (Wildman–Crippen LogP) is 0.950. The Labute approximate surface area is 101 Å². The Hall–Kier alpha value is -1.84. The summed E-state index contributed by atoms with van der Waals surface area (Å²) >= 11 is 0. The molecule has 0 saturated carbocycles. The predicted molar refractivity (Wildman–Crippen MR) is 66.4 cm³/mol. The van der Waals surface area contributed by atoms with E-state index in [1.54, 1.807) is 7.05 Å². The molecule has 17 heavy (non-hydrogen) atoms. The van der Waals surface area contributed by atoms with E-state index >= 15 is 0 Å². The Morgan fingerprint density at radius 1 is 1.24 bits per heavy atom. The number of hydrogen-bond donors (Lipinski definition) is 0. The average molecular weight is 232 g/mol. The monoisotopic (exact) mass is 232 g/mol. The maximum atomic E-state index is 12.1. The van der Waals surface area contributed by atoms with Crippen molar-refractivity contribution in [2.24, 2.45) is 0 Å². The first-order valence-electron chi connectivity index (χ1n) is 5.56. The fraction of sp³-hybridized carbons (Fsp3) is 0.385. The van der Waals surface area contributed by atoms with Gasteiger partial charge in [0, 0.05) is 38.8 Å². The molecule has 1 aromatic rings. The maximum Gasteiger partial charge on any atom is 0.254 e. The molecule has 1 heterocycles. The average Bonchev–Trinajstić information content (AvgIpc) is 2.37. The van der Waals surface area contributed by atoms with Gasteiger partial charge in [0.1, 0.15) is 0 Å². The second-order valence-electron chi connectivity index (χ2n) is 4.61. The standard InChI is InChI=1S/C13H16N2O2/c1-14(2)10-5-4-9-6-11(16)8-15(3)13(17)12(9)7-10/h4-5,7H,6,8H2,1-3H3. The highest BCUT2D eigenvalue weighted by atomic mass is 16.2. The summed E-state index contributed by atoms with van der Waals surface area (Å²) in [7, 11) is 5.52. The summed E-state index contributed by atoms with van der Waals surface area (Å²) in [4.78, 5) is 27.2. The minimum absolute atomic E-state index is 0.0745. The molecule has 0 fully saturated rings. The van der Waals surface area contributed by atoms with E-state index in [2.05, 4.69) is 0 Å². The zero-order valence-electron chi connectivity index (χ0n) is 10.4. The molecule has 0 unspecified atom stereocenters. The molecule has 1 aromatic carbocycles. The summed E-state index contributed by atoms with van der Waals surface area (Å²) in [6, 6.07) is 5.66. The molecule has 0 N–H and O–H groups in total. The third-order valence-corrected chi connectivity index (χ3v) is 2.99. The summed E-state index contributed by atoms with van der Waals surface area (Å²) in [6.45, 7) is 0.199. The van der Waals surface area contributed by atoms with Crippen LogP contribution in [-0.4, -0.2) is 44.3 Å². The van der Waals surface area contributed by atoms with Gasteiger partial charge >= 0.3 is 0 Å². The lowest BCUT2D eigenvalue weighted by molar-refractivity contribution is -0.118. The van der Waals surface area contributed by atoms with Gasteiger partial charge in [0.2, 0.25) is 0 Å². The van der Waals surface area contributed by atoms with Crippen molar-refractivity contribution < 1.29 is 9.59 Å². The normalized spacial score (nSPS) is 15.6. The molecular weight excluding hydrogens is 216 g/mol. The van der Waals surface area contributed by atoms with Crippen molar-refractivity contribution >= 4 is 17.4 Å². The highest BCUT2D eigenvalue weighted by molar-refractivity contribution is 6.02. The number of fused-ring (bicyclic) bond motifs is 1. The van der Waals surface area contributed by atoms with Gasteiger partial charge in [-0.25, -0.2) is 0 Å². The lowest BCUT2D eigenvalue weighted by Gasteiger charge is -2.17. The molecule has 0 bridgehead atoms. The Morgan fingerprint density at radius 2 is 1.94 bits per heavy atom. The van der Waals surface area contributed by atoms with E-state index < -0.39 is 0 Å². The fourth-order valence-corrected chi connectivity index (χ4v) is 2.01. The number of benzene rings is 1. The molecule has 0 spiro atoms. The van der Waals surface area contributed by atoms with E-state index in [0.29, 0.717) is 12.0 Å². The molecule has 0 saturated heterocycles. The molecule has 0 aromatic heterocycles. The first-order chi connectivity index (χ1) is 7.99. The third-order valence-electron chi connectivity index (χ3n) is 2.99. The highest BCUT2D eigenvalue weighted by Crippen LogP contribution is 2.22. The van der Waals surface area contributed by atoms with Crippen LogP contribution in [0.25, 0.3) is 0 Å². The first-order valence-corrected chi connectivity index (χ1v) is 5.56. The van der Waals surface area contributed by atoms with Gasteiger partial charge in [0.25, 0.3) is 5.91 Å². The van der Waals surface area contributed by atoms with Crippen LogP contribution in [0.15, 0.2) is 18.2 Å². The molecular formula is C13H16N2O2. The number of hydrogen-bond acceptors (Lipinski definition) is 3. The van der Waals surface area contributed by atoms with E-state index in [0.717, 1.165) is 11.3 Å². The highest BCUT2D eigenvalue weighted by Gasteiger charge is 2.24. The maximum absolute atomic E-state index is 12.1. The topological polar surface area (TPSA) is 40.6 Å². The number of likely N-dealkylation sites (N-methyl/N-ethyl adjacent to an activating group) is 1. The molecule has 0 radical (unpaired) electrons. The minimum Gasteiger partial charge on any atom is -0.378 e. The summed E-state index contributed by atoms with van der Waals surface area (Å²) in [5.74, 6) is 0.00625. The summed E-state index contributed by atoms with van der Waals surface area (Å²) < 4.78 is 0. The van der Waals surface area contributed by atoms with Crippen molar-refractivity contribution in [3.8, 4) is 0 Å². The van der Waals surface area contributed by atoms with Gasteiger partial charge in [-0.1, -0.05) is 6.07 Å². The summed E-state index contributed by atoms with van der Waals surface area (Å²) in [5.41, 5.74) is 2.44. The van der Waals surface area contributed by atoms with Crippen LogP contribution in [0.1, 0.15) is 15.9 Å². The Morgan fingerprint density at radius 3 is 2.59 bits per heavy atom. The van der Waals surface area contributed by atoms with Crippen LogP contribution >= 0.6 is 0 Å². The summed E-state index contributed by atoms with van der Waals surface area (Å²) in [6.07, 6.45) is 0.346. The number of rotatable bonds is 1. The van der Waals surface area contributed by atoms with Gasteiger partial charge in [-0.05, 0) is 17.7 Å². The van der Waals surface area contributed by atoms with Gasteiger partial charge in [-0.3, -0.25) is 9.59 Å². The molecule has 1 amide bonds. The van der Waals surface area contributed by atoms with E-state index in [9.17, 15) is 9.59 Å². The lowest BCUT2D eigenvalue weighted by Crippen LogP contribution is -2.29. The smallest absolute Gasteiger partial charge is 0.254 e. The lowest BCUT2D eigenvalue weighted by atomic mass is 10.0. The van der Waals surface area contributed by atoms with Crippen LogP contribution in [0, 0.1) is 0 Å². The van der Waals surface area contributed by atoms with E-state index in [1.807, 2.05) is 37.2 Å². The van der Waals surface area contributed by atoms with E-state index in [4.69, 9.17) is 0 Å². The second kappa shape index (κ2) is 4.20. The van der Waals surface area contributed by atoms with Crippen LogP contribution in [0.5, 0.6) is 0 Å². The van der Waals surface area contributed by atoms with Crippen LogP contribution in [-0.2, 0) is 11.2 Å². The molecule has 0 aliphatic carbocycles. The fourth-order valence-electron chi connectivity index (χ4n) is 2.01. The minimum atomic E-state index is -0.0745. The zero-order chi connectivity index (χ0) is 12.6. The van der Waals surface area contributed by atoms with Crippen molar-refractivity contribution in [3.05, 3.63) is 29.3 Å². The molecule has 90 valence electrons. The Kier molecular flexibility index (Phi) is 2.88. The molecule has 2 rings (SSSR count). The molecule has 0 atom stereocenters. The number of Topliss-reactive ketones (excluding diaryl/α,β-unsaturated/α-hetero) is 1. The van der Waals surface area contributed by atoms with Crippen molar-refractivity contribution in [2.75, 3.05) is 32.6 Å². The molecule has 1 aliphatic rings. The molecule has 1 aliphatic heterocycles. The number of ketones is 1. The van der Waals surface area contributed by atoms with Crippen LogP contribution < -0.4 is 4.90 Å². The van der Waals surface area contributed by atoms with Crippen LogP contribution in [0.4, 0.5) is 5.69 Å². The molecule has 4 heteroatoms. The molecule has 4 nitrogen and oxygen atoms in total. The van der Waals surface area contributed by atoms with Crippen molar-refractivity contribution in [3.63, 3.8) is 0 Å². The van der Waals surface area contributed by atoms with Gasteiger partial charge in [-0.15, -0.1) is 0 Å². The van der Waals surface area contributed by atoms with Gasteiger partial charge in [0.05, 0.1) is 6.54 Å². The van der Waals surface area contributed by atoms with Crippen molar-refractivity contribution in [2.45, 2.75) is 6.42 Å². The van der Waals surface area contributed by atoms with Crippen LogP contribution in [0.2, 0.25) is 0 Å². The van der Waals surface area contributed by atoms with Crippen LogP contribution in [0.3, 0.4) is 0 Å². The summed E-state index contributed by atoms with van der Waals surface area (Å²) in [5, 5.41) is 0. The number of carbonyl (C=O) groups excluding carboxylic acids is 2. The SMILES string of the molecule is CN1CC(=O)Cc2ccc(N(C)C)cc2C1=O. The first kappa shape index (κ1) is 11.6. The van der Waals surface area contributed by atoms with Gasteiger partial charge in [0.15, 0.2) is 5.78 Å². The Balaban J connectivity index is 2.51. The van der Waals surface area contributed by atoms with Gasteiger partial charge < -0.3 is 9.80 Å². The number of nitrogens with zero attached hydrogens (tertiary/aromatic N) is 2. The third kappa shape index (κ3) is 2.16. The second-order valence-corrected chi connectivity index (χ2v) is 4.61. The number of anilines is 1. The zero-order valence-corrected chi connectivity index (χ0v) is 10.4. The van der Waals surface area contributed by atoms with E-state index in [1.165, 1.54) is 4.90 Å². The largest absolute Gasteiger partial charge is 0.378 e. The quantitative estimate of drug-likeness (QED) is 0.724. The van der Waals surface area contributed by atoms with E-state index in [-0.39, 0.29) is 18.2 Å². The number of amides is 1. The van der Waals surface area contributed by atoms with Crippen molar-refractivity contribution in [1.82, 2.24) is 4.90 Å².